The van der Waals surface area contributed by atoms with E-state index in [-0.39, 0.29) is 12.5 Å². The second kappa shape index (κ2) is 7.28. The van der Waals surface area contributed by atoms with Crippen LogP contribution in [0.2, 0.25) is 0 Å². The van der Waals surface area contributed by atoms with E-state index in [0.717, 1.165) is 36.3 Å². The molecule has 1 unspecified atom stereocenters. The lowest BCUT2D eigenvalue weighted by Gasteiger charge is -2.18. The van der Waals surface area contributed by atoms with Crippen LogP contribution in [-0.4, -0.2) is 14.8 Å². The fraction of sp³-hybridized carbons (Fsp3) is 0.588. The van der Waals surface area contributed by atoms with Gasteiger partial charge < -0.3 is 9.67 Å². The van der Waals surface area contributed by atoms with E-state index >= 15 is 0 Å². The van der Waals surface area contributed by atoms with Crippen LogP contribution >= 0.6 is 11.6 Å². The van der Waals surface area contributed by atoms with E-state index in [2.05, 4.69) is 30.0 Å². The van der Waals surface area contributed by atoms with Crippen molar-refractivity contribution < 1.29 is 5.11 Å². The van der Waals surface area contributed by atoms with Crippen molar-refractivity contribution in [2.45, 2.75) is 58.6 Å². The third kappa shape index (κ3) is 3.41. The average Bonchev–Trinajstić information content (AvgIpc) is 3.12. The van der Waals surface area contributed by atoms with E-state index < -0.39 is 0 Å². The molecule has 1 fully saturated rings. The summed E-state index contributed by atoms with van der Waals surface area (Å²) in [6, 6.07) is 2.39. The Morgan fingerprint density at radius 3 is 2.76 bits per heavy atom. The van der Waals surface area contributed by atoms with Gasteiger partial charge in [0.1, 0.15) is 11.0 Å². The van der Waals surface area contributed by atoms with Crippen molar-refractivity contribution in [1.29, 1.82) is 0 Å². The molecular formula is C17H25ClN2O. The highest BCUT2D eigenvalue weighted by Crippen LogP contribution is 2.38. The number of hydrogen-bond donors (Lipinski definition) is 1. The first-order valence-electron chi connectivity index (χ1n) is 7.83. The zero-order valence-corrected chi connectivity index (χ0v) is 13.7. The Bertz CT molecular complexity index is 527. The number of aliphatic imine (C=N–C) groups is 1. The third-order valence-electron chi connectivity index (χ3n) is 4.42. The number of rotatable bonds is 6. The minimum Gasteiger partial charge on any atom is -0.390 e. The average molecular weight is 309 g/mol. The molecule has 0 aliphatic heterocycles. The molecule has 1 N–H and O–H groups in total. The first-order valence-corrected chi connectivity index (χ1v) is 8.21. The van der Waals surface area contributed by atoms with Crippen LogP contribution in [0.25, 0.3) is 6.08 Å². The van der Waals surface area contributed by atoms with Gasteiger partial charge in [-0.25, -0.2) is 4.99 Å². The molecule has 0 bridgehead atoms. The third-order valence-corrected chi connectivity index (χ3v) is 4.88. The Balaban J connectivity index is 2.50. The summed E-state index contributed by atoms with van der Waals surface area (Å²) in [5.74, 6) is 1.10. The topological polar surface area (TPSA) is 37.5 Å². The van der Waals surface area contributed by atoms with Crippen molar-refractivity contribution in [3.8, 4) is 0 Å². The van der Waals surface area contributed by atoms with Gasteiger partial charge in [-0.2, -0.15) is 0 Å². The van der Waals surface area contributed by atoms with Crippen LogP contribution in [0.3, 0.4) is 0 Å². The molecule has 1 aromatic rings. The molecule has 1 saturated carbocycles. The van der Waals surface area contributed by atoms with Gasteiger partial charge in [0, 0.05) is 23.2 Å². The van der Waals surface area contributed by atoms with Gasteiger partial charge in [0.2, 0.25) is 0 Å². The normalized spacial score (nSPS) is 18.2. The largest absolute Gasteiger partial charge is 0.390 e. The van der Waals surface area contributed by atoms with E-state index in [1.165, 1.54) is 12.8 Å². The Kier molecular flexibility index (Phi) is 5.65. The van der Waals surface area contributed by atoms with Crippen molar-refractivity contribution in [2.24, 2.45) is 10.9 Å². The predicted octanol–water partition coefficient (Wildman–Crippen LogP) is 5.05. The number of halogens is 1. The molecule has 116 valence electrons. The van der Waals surface area contributed by atoms with Crippen molar-refractivity contribution in [1.82, 2.24) is 4.57 Å². The summed E-state index contributed by atoms with van der Waals surface area (Å²) in [7, 11) is 0. The van der Waals surface area contributed by atoms with E-state index in [4.69, 9.17) is 11.6 Å². The molecule has 1 aliphatic rings. The quantitative estimate of drug-likeness (QED) is 0.733. The van der Waals surface area contributed by atoms with Crippen molar-refractivity contribution in [3.05, 3.63) is 23.9 Å². The molecule has 0 spiro atoms. The summed E-state index contributed by atoms with van der Waals surface area (Å²) in [5, 5.41) is 10.3. The molecule has 0 saturated heterocycles. The molecule has 1 aromatic heterocycles. The van der Waals surface area contributed by atoms with Crippen LogP contribution in [-0.2, 0) is 6.61 Å². The van der Waals surface area contributed by atoms with Gasteiger partial charge >= 0.3 is 0 Å². The molecule has 0 amide bonds. The molecular weight excluding hydrogens is 284 g/mol. The van der Waals surface area contributed by atoms with Gasteiger partial charge in [0.05, 0.1) is 6.61 Å². The zero-order chi connectivity index (χ0) is 15.4. The van der Waals surface area contributed by atoms with Crippen molar-refractivity contribution in [3.63, 3.8) is 0 Å². The van der Waals surface area contributed by atoms with Crippen LogP contribution in [0.5, 0.6) is 0 Å². The number of aliphatic hydroxyl groups is 1. The molecule has 1 aliphatic carbocycles. The van der Waals surface area contributed by atoms with Gasteiger partial charge in [0.25, 0.3) is 0 Å². The monoisotopic (exact) mass is 308 g/mol. The van der Waals surface area contributed by atoms with Crippen molar-refractivity contribution in [2.75, 3.05) is 0 Å². The summed E-state index contributed by atoms with van der Waals surface area (Å²) < 4.78 is 2.18. The maximum atomic E-state index is 9.66. The minimum absolute atomic E-state index is 0.0216. The van der Waals surface area contributed by atoms with Gasteiger partial charge in [-0.05, 0) is 25.3 Å². The highest BCUT2D eigenvalue weighted by Gasteiger charge is 2.24. The highest BCUT2D eigenvalue weighted by atomic mass is 35.5. The summed E-state index contributed by atoms with van der Waals surface area (Å²) in [5.41, 5.74) is 1.86. The maximum Gasteiger partial charge on any atom is 0.141 e. The fourth-order valence-electron chi connectivity index (χ4n) is 2.93. The van der Waals surface area contributed by atoms with Crippen LogP contribution in [0.15, 0.2) is 17.6 Å². The van der Waals surface area contributed by atoms with Crippen LogP contribution in [0, 0.1) is 5.92 Å². The molecule has 1 heterocycles. The second-order valence-corrected chi connectivity index (χ2v) is 6.22. The standard InChI is InChI=1S/C17H25ClN2O/c1-4-12(3)16(18)19-17-13(5-2)10-15(11-21)20(17)14-8-6-7-9-14/h5,10,12,14,21H,2,4,6-9,11H2,1,3H3. The van der Waals surface area contributed by atoms with Crippen molar-refractivity contribution >= 4 is 28.7 Å². The lowest BCUT2D eigenvalue weighted by Crippen LogP contribution is -2.09. The molecule has 3 nitrogen and oxygen atoms in total. The molecule has 1 atom stereocenters. The molecule has 0 radical (unpaired) electrons. The molecule has 21 heavy (non-hydrogen) atoms. The summed E-state index contributed by atoms with van der Waals surface area (Å²) in [4.78, 5) is 4.68. The first-order chi connectivity index (χ1) is 10.1. The van der Waals surface area contributed by atoms with Gasteiger partial charge in [-0.15, -0.1) is 0 Å². The fourth-order valence-corrected chi connectivity index (χ4v) is 3.16. The van der Waals surface area contributed by atoms with E-state index in [9.17, 15) is 5.11 Å². The van der Waals surface area contributed by atoms with Gasteiger partial charge in [-0.1, -0.05) is 50.9 Å². The summed E-state index contributed by atoms with van der Waals surface area (Å²) in [6.45, 7) is 8.08. The Morgan fingerprint density at radius 2 is 2.24 bits per heavy atom. The number of aliphatic hydroxyl groups excluding tert-OH is 1. The predicted molar refractivity (Wildman–Crippen MR) is 90.4 cm³/mol. The number of aromatic nitrogens is 1. The lowest BCUT2D eigenvalue weighted by molar-refractivity contribution is 0.266. The van der Waals surface area contributed by atoms with E-state index in [1.807, 2.05) is 6.07 Å². The first kappa shape index (κ1) is 16.3. The SMILES string of the molecule is C=Cc1cc(CO)n(C2CCCC2)c1N=C(Cl)C(C)CC. The van der Waals surface area contributed by atoms with Gasteiger partial charge in [0.15, 0.2) is 0 Å². The smallest absolute Gasteiger partial charge is 0.141 e. The minimum atomic E-state index is 0.0216. The van der Waals surface area contributed by atoms with Crippen LogP contribution in [0.1, 0.15) is 63.3 Å². The Hall–Kier alpha value is -1.06. The second-order valence-electron chi connectivity index (χ2n) is 5.83. The Labute approximate surface area is 132 Å². The summed E-state index contributed by atoms with van der Waals surface area (Å²) in [6.07, 6.45) is 7.51. The van der Waals surface area contributed by atoms with Crippen LogP contribution in [0.4, 0.5) is 5.82 Å². The molecule has 0 aromatic carbocycles. The Morgan fingerprint density at radius 1 is 1.57 bits per heavy atom. The van der Waals surface area contributed by atoms with Crippen LogP contribution < -0.4 is 0 Å². The van der Waals surface area contributed by atoms with E-state index in [1.54, 1.807) is 6.08 Å². The van der Waals surface area contributed by atoms with Gasteiger partial charge in [-0.3, -0.25) is 0 Å². The zero-order valence-electron chi connectivity index (χ0n) is 13.0. The number of hydrogen-bond acceptors (Lipinski definition) is 2. The highest BCUT2D eigenvalue weighted by molar-refractivity contribution is 6.66. The molecule has 2 rings (SSSR count). The lowest BCUT2D eigenvalue weighted by atomic mass is 10.1. The summed E-state index contributed by atoms with van der Waals surface area (Å²) >= 11 is 6.37. The molecule has 4 heteroatoms. The van der Waals surface area contributed by atoms with E-state index in [0.29, 0.717) is 11.2 Å². The maximum absolute atomic E-state index is 9.66. The number of nitrogens with zero attached hydrogens (tertiary/aromatic N) is 2.